The molecule has 0 radical (unpaired) electrons. The van der Waals surface area contributed by atoms with E-state index in [0.717, 1.165) is 5.56 Å². The van der Waals surface area contributed by atoms with E-state index in [4.69, 9.17) is 0 Å². The van der Waals surface area contributed by atoms with E-state index in [1.165, 1.54) is 58.0 Å². The second-order valence-electron chi connectivity index (χ2n) is 10.4. The van der Waals surface area contributed by atoms with Crippen LogP contribution in [0.4, 0.5) is 0 Å². The van der Waals surface area contributed by atoms with Gasteiger partial charge in [0, 0.05) is 26.6 Å². The maximum atomic E-state index is 10.9. The summed E-state index contributed by atoms with van der Waals surface area (Å²) in [6.07, 6.45) is 0.386. The summed E-state index contributed by atoms with van der Waals surface area (Å²) in [6, 6.07) is 26.3. The van der Waals surface area contributed by atoms with Crippen LogP contribution < -0.4 is 5.46 Å². The highest BCUT2D eigenvalue weighted by Crippen LogP contribution is 2.43. The zero-order chi connectivity index (χ0) is 23.8. The van der Waals surface area contributed by atoms with Crippen molar-refractivity contribution >= 4 is 77.1 Å². The van der Waals surface area contributed by atoms with E-state index in [9.17, 15) is 10.2 Å². The van der Waals surface area contributed by atoms with Gasteiger partial charge in [0.05, 0.1) is 11.2 Å². The first-order valence-electron chi connectivity index (χ1n) is 11.8. The molecule has 0 aliphatic carbocycles. The first kappa shape index (κ1) is 21.6. The van der Waals surface area contributed by atoms with Crippen molar-refractivity contribution in [3.8, 4) is 0 Å². The third kappa shape index (κ3) is 3.17. The van der Waals surface area contributed by atoms with Gasteiger partial charge in [-0.05, 0) is 64.7 Å². The molecule has 0 spiro atoms. The van der Waals surface area contributed by atoms with Crippen molar-refractivity contribution in [1.82, 2.24) is 0 Å². The zero-order valence-electron chi connectivity index (χ0n) is 19.9. The van der Waals surface area contributed by atoms with Gasteiger partial charge in [0.2, 0.25) is 0 Å². The molecule has 0 aliphatic rings. The fourth-order valence-electron chi connectivity index (χ4n) is 5.21. The van der Waals surface area contributed by atoms with E-state index >= 15 is 0 Å². The lowest BCUT2D eigenvalue weighted by Crippen LogP contribution is -2.49. The molecule has 34 heavy (non-hydrogen) atoms. The van der Waals surface area contributed by atoms with Crippen LogP contribution in [-0.4, -0.2) is 29.3 Å². The van der Waals surface area contributed by atoms with Crippen LogP contribution in [0.5, 0.6) is 0 Å². The summed E-state index contributed by atoms with van der Waals surface area (Å²) < 4.78 is 2.61. The number of aliphatic hydroxyl groups is 2. The van der Waals surface area contributed by atoms with Crippen LogP contribution >= 0.6 is 11.3 Å². The van der Waals surface area contributed by atoms with E-state index in [-0.39, 0.29) is 0 Å². The Labute approximate surface area is 203 Å². The van der Waals surface area contributed by atoms with Gasteiger partial charge in [-0.2, -0.15) is 0 Å². The first-order valence-corrected chi connectivity index (χ1v) is 12.6. The molecule has 0 aliphatic heterocycles. The molecule has 2 nitrogen and oxygen atoms in total. The van der Waals surface area contributed by atoms with Crippen molar-refractivity contribution in [2.75, 3.05) is 0 Å². The fraction of sp³-hybridized carbons (Fsp3) is 0.200. The molecule has 6 aromatic rings. The summed E-state index contributed by atoms with van der Waals surface area (Å²) in [5.41, 5.74) is -0.114. The number of hydrogen-bond acceptors (Lipinski definition) is 3. The van der Waals surface area contributed by atoms with Gasteiger partial charge in [-0.1, -0.05) is 72.2 Å². The smallest absolute Gasteiger partial charge is 0.140 e. The van der Waals surface area contributed by atoms with Crippen LogP contribution in [0.1, 0.15) is 26.3 Å². The molecule has 0 fully saturated rings. The second kappa shape index (κ2) is 7.29. The van der Waals surface area contributed by atoms with Gasteiger partial charge < -0.3 is 10.2 Å². The fourth-order valence-corrected chi connectivity index (χ4v) is 6.57. The normalized spacial score (nSPS) is 14.5. The lowest BCUT2D eigenvalue weighted by molar-refractivity contribution is -0.118. The predicted molar refractivity (Wildman–Crippen MR) is 151 cm³/mol. The Hall–Kier alpha value is -2.92. The van der Waals surface area contributed by atoms with E-state index in [1.807, 2.05) is 11.3 Å². The molecule has 6 rings (SSSR count). The van der Waals surface area contributed by atoms with Crippen LogP contribution in [0, 0.1) is 0 Å². The molecule has 2 N–H and O–H groups in total. The summed E-state index contributed by atoms with van der Waals surface area (Å²) in [5, 5.41) is 31.6. The number of benzene rings is 5. The third-order valence-electron chi connectivity index (χ3n) is 7.56. The Bertz CT molecular complexity index is 1760. The Morgan fingerprint density at radius 3 is 2.21 bits per heavy atom. The van der Waals surface area contributed by atoms with Crippen molar-refractivity contribution in [3.63, 3.8) is 0 Å². The number of thiophene rings is 1. The Kier molecular flexibility index (Phi) is 4.63. The van der Waals surface area contributed by atoms with Crippen LogP contribution in [0.3, 0.4) is 0 Å². The molecule has 1 atom stereocenters. The van der Waals surface area contributed by atoms with Crippen molar-refractivity contribution in [2.24, 2.45) is 0 Å². The van der Waals surface area contributed by atoms with Crippen LogP contribution in [-0.2, 0) is 6.42 Å². The predicted octanol–water partition coefficient (Wildman–Crippen LogP) is 5.84. The molecule has 168 valence electrons. The SMILES string of the molecule is Bc1cc2ccc3ccccc3c2c2sc3ccc4ccc(CC(C)(O)C(C)(C)O)cc4c3c12. The largest absolute Gasteiger partial charge is 0.387 e. The number of hydrogen-bond donors (Lipinski definition) is 2. The van der Waals surface area contributed by atoms with Gasteiger partial charge in [0.1, 0.15) is 7.85 Å². The molecule has 4 heteroatoms. The van der Waals surface area contributed by atoms with Crippen LogP contribution in [0.25, 0.3) is 52.5 Å². The lowest BCUT2D eigenvalue weighted by Gasteiger charge is -2.35. The molecule has 1 aromatic heterocycles. The summed E-state index contributed by atoms with van der Waals surface area (Å²) in [7, 11) is 2.21. The van der Waals surface area contributed by atoms with Crippen molar-refractivity contribution < 1.29 is 10.2 Å². The summed E-state index contributed by atoms with van der Waals surface area (Å²) >= 11 is 1.87. The monoisotopic (exact) mass is 462 g/mol. The number of rotatable bonds is 3. The summed E-state index contributed by atoms with van der Waals surface area (Å²) in [6.45, 7) is 5.04. The van der Waals surface area contributed by atoms with E-state index in [1.54, 1.807) is 20.8 Å². The Balaban J connectivity index is 1.70. The van der Waals surface area contributed by atoms with Gasteiger partial charge in [-0.25, -0.2) is 0 Å². The quantitative estimate of drug-likeness (QED) is 0.256. The Morgan fingerprint density at radius 1 is 0.735 bits per heavy atom. The zero-order valence-corrected chi connectivity index (χ0v) is 20.8. The molecule has 0 saturated heterocycles. The third-order valence-corrected chi connectivity index (χ3v) is 8.73. The van der Waals surface area contributed by atoms with Gasteiger partial charge in [-0.15, -0.1) is 11.3 Å². The average molecular weight is 462 g/mol. The van der Waals surface area contributed by atoms with E-state index in [2.05, 4.69) is 80.6 Å². The highest BCUT2D eigenvalue weighted by atomic mass is 32.1. The average Bonchev–Trinajstić information content (AvgIpc) is 3.18. The van der Waals surface area contributed by atoms with Gasteiger partial charge >= 0.3 is 0 Å². The lowest BCUT2D eigenvalue weighted by atomic mass is 9.82. The Morgan fingerprint density at radius 2 is 1.41 bits per heavy atom. The molecule has 1 unspecified atom stereocenters. The van der Waals surface area contributed by atoms with Crippen LogP contribution in [0.2, 0.25) is 0 Å². The van der Waals surface area contributed by atoms with E-state index < -0.39 is 11.2 Å². The standard InChI is InChI=1S/C30H27BO2S/c1-29(2,32)30(3,33)16-17-8-9-19-12-13-24-26(22(19)14-17)27-23(31)15-20-11-10-18-6-4-5-7-21(18)25(20)28(27)34-24/h4-15,32-33H,16,31H2,1-3H3. The van der Waals surface area contributed by atoms with Crippen LogP contribution in [0.15, 0.2) is 72.8 Å². The van der Waals surface area contributed by atoms with Crippen molar-refractivity contribution in [1.29, 1.82) is 0 Å². The number of fused-ring (bicyclic) bond motifs is 9. The van der Waals surface area contributed by atoms with Gasteiger partial charge in [0.15, 0.2) is 0 Å². The molecule has 0 saturated carbocycles. The topological polar surface area (TPSA) is 40.5 Å². The van der Waals surface area contributed by atoms with Crippen molar-refractivity contribution in [2.45, 2.75) is 38.4 Å². The maximum absolute atomic E-state index is 10.9. The second-order valence-corrected chi connectivity index (χ2v) is 11.4. The summed E-state index contributed by atoms with van der Waals surface area (Å²) in [5.74, 6) is 0. The first-order chi connectivity index (χ1) is 16.1. The van der Waals surface area contributed by atoms with Gasteiger partial charge in [-0.3, -0.25) is 0 Å². The molecule has 5 aromatic carbocycles. The highest BCUT2D eigenvalue weighted by molar-refractivity contribution is 7.27. The minimum Gasteiger partial charge on any atom is -0.387 e. The molecule has 0 amide bonds. The molecular formula is C30H27BO2S. The van der Waals surface area contributed by atoms with E-state index in [0.29, 0.717) is 6.42 Å². The molecule has 1 heterocycles. The maximum Gasteiger partial charge on any atom is 0.140 e. The van der Waals surface area contributed by atoms with Gasteiger partial charge in [0.25, 0.3) is 0 Å². The molecule has 0 bridgehead atoms. The minimum atomic E-state index is -1.23. The summed E-state index contributed by atoms with van der Waals surface area (Å²) in [4.78, 5) is 0. The minimum absolute atomic E-state index is 0.386. The van der Waals surface area contributed by atoms with Crippen molar-refractivity contribution in [3.05, 3.63) is 78.4 Å². The molecular weight excluding hydrogens is 435 g/mol. The highest BCUT2D eigenvalue weighted by Gasteiger charge is 2.37.